The van der Waals surface area contributed by atoms with E-state index in [0.29, 0.717) is 11.4 Å². The van der Waals surface area contributed by atoms with Crippen LogP contribution in [0.25, 0.3) is 0 Å². The van der Waals surface area contributed by atoms with Gasteiger partial charge >= 0.3 is 0 Å². The van der Waals surface area contributed by atoms with Crippen LogP contribution in [0.1, 0.15) is 16.7 Å². The van der Waals surface area contributed by atoms with Crippen molar-refractivity contribution >= 4 is 11.6 Å². The molecule has 0 heterocycles. The van der Waals surface area contributed by atoms with Gasteiger partial charge in [-0.15, -0.1) is 0 Å². The number of ether oxygens (including phenoxy) is 2. The third kappa shape index (κ3) is 4.01. The van der Waals surface area contributed by atoms with E-state index in [1.165, 1.54) is 5.56 Å². The van der Waals surface area contributed by atoms with Crippen LogP contribution in [0.3, 0.4) is 0 Å². The van der Waals surface area contributed by atoms with Gasteiger partial charge in [0, 0.05) is 11.8 Å². The van der Waals surface area contributed by atoms with Crippen LogP contribution in [0.5, 0.6) is 11.5 Å². The molecule has 0 saturated carbocycles. The van der Waals surface area contributed by atoms with Gasteiger partial charge in [-0.3, -0.25) is 4.79 Å². The van der Waals surface area contributed by atoms with Crippen LogP contribution in [-0.2, 0) is 4.79 Å². The molecule has 0 aromatic heterocycles. The van der Waals surface area contributed by atoms with Crippen molar-refractivity contribution < 1.29 is 14.3 Å². The molecule has 4 heteroatoms. The molecule has 1 amide bonds. The van der Waals surface area contributed by atoms with Gasteiger partial charge in [0.1, 0.15) is 11.5 Å². The second-order valence-corrected chi connectivity index (χ2v) is 5.30. The van der Waals surface area contributed by atoms with Crippen LogP contribution in [0.15, 0.2) is 36.4 Å². The molecular formula is C18H21NO3. The van der Waals surface area contributed by atoms with Gasteiger partial charge < -0.3 is 14.8 Å². The highest BCUT2D eigenvalue weighted by Crippen LogP contribution is 2.24. The highest BCUT2D eigenvalue weighted by molar-refractivity contribution is 5.92. The van der Waals surface area contributed by atoms with E-state index < -0.39 is 0 Å². The average molecular weight is 299 g/mol. The molecule has 0 atom stereocenters. The minimum absolute atomic E-state index is 0.0258. The summed E-state index contributed by atoms with van der Waals surface area (Å²) < 4.78 is 10.8. The molecule has 0 saturated heterocycles. The smallest absolute Gasteiger partial charge is 0.262 e. The number of hydrogen-bond acceptors (Lipinski definition) is 3. The Balaban J connectivity index is 1.98. The lowest BCUT2D eigenvalue weighted by Gasteiger charge is -2.13. The summed E-state index contributed by atoms with van der Waals surface area (Å²) >= 11 is 0. The Bertz CT molecular complexity index is 657. The van der Waals surface area contributed by atoms with Crippen LogP contribution in [0, 0.1) is 20.8 Å². The fourth-order valence-corrected chi connectivity index (χ4v) is 2.43. The van der Waals surface area contributed by atoms with Crippen molar-refractivity contribution in [3.05, 3.63) is 53.1 Å². The van der Waals surface area contributed by atoms with Crippen LogP contribution >= 0.6 is 0 Å². The van der Waals surface area contributed by atoms with Crippen LogP contribution in [0.4, 0.5) is 5.69 Å². The highest BCUT2D eigenvalue weighted by atomic mass is 16.5. The van der Waals surface area contributed by atoms with E-state index in [4.69, 9.17) is 9.47 Å². The van der Waals surface area contributed by atoms with Crippen molar-refractivity contribution in [2.75, 3.05) is 19.0 Å². The quantitative estimate of drug-likeness (QED) is 0.917. The number of amides is 1. The number of hydrogen-bond donors (Lipinski definition) is 1. The maximum absolute atomic E-state index is 12.0. The topological polar surface area (TPSA) is 47.6 Å². The molecule has 0 unspecified atom stereocenters. The molecule has 2 rings (SSSR count). The number of nitrogens with one attached hydrogen (secondary N) is 1. The summed E-state index contributed by atoms with van der Waals surface area (Å²) in [6.07, 6.45) is 0. The van der Waals surface area contributed by atoms with E-state index in [1.54, 1.807) is 13.2 Å². The van der Waals surface area contributed by atoms with Crippen LogP contribution in [0.2, 0.25) is 0 Å². The molecule has 0 aliphatic heterocycles. The summed E-state index contributed by atoms with van der Waals surface area (Å²) in [5.41, 5.74) is 3.94. The summed E-state index contributed by atoms with van der Waals surface area (Å²) in [6.45, 7) is 5.98. The standard InChI is InChI=1S/C18H21NO3/c1-12-8-13(2)18(14(3)9-12)22-11-17(20)19-15-6-5-7-16(10-15)21-4/h5-10H,11H2,1-4H3,(H,19,20). The van der Waals surface area contributed by atoms with Crippen LogP contribution in [-0.4, -0.2) is 19.6 Å². The Labute approximate surface area is 131 Å². The monoisotopic (exact) mass is 299 g/mol. The van der Waals surface area contributed by atoms with Crippen molar-refractivity contribution in [3.63, 3.8) is 0 Å². The first kappa shape index (κ1) is 15.9. The number of benzene rings is 2. The fourth-order valence-electron chi connectivity index (χ4n) is 2.43. The first-order chi connectivity index (χ1) is 10.5. The molecule has 0 aliphatic rings. The Morgan fingerprint density at radius 3 is 2.41 bits per heavy atom. The Hall–Kier alpha value is -2.49. The van der Waals surface area contributed by atoms with E-state index in [-0.39, 0.29) is 12.5 Å². The number of carbonyl (C=O) groups is 1. The molecule has 0 fully saturated rings. The highest BCUT2D eigenvalue weighted by Gasteiger charge is 2.09. The predicted octanol–water partition coefficient (Wildman–Crippen LogP) is 3.64. The number of anilines is 1. The molecule has 22 heavy (non-hydrogen) atoms. The summed E-state index contributed by atoms with van der Waals surface area (Å²) in [5, 5.41) is 2.79. The Morgan fingerprint density at radius 2 is 1.77 bits per heavy atom. The molecule has 0 radical (unpaired) electrons. The van der Waals surface area contributed by atoms with Crippen molar-refractivity contribution in [1.29, 1.82) is 0 Å². The van der Waals surface area contributed by atoms with Gasteiger partial charge in [-0.05, 0) is 44.0 Å². The van der Waals surface area contributed by atoms with Crippen molar-refractivity contribution in [3.8, 4) is 11.5 Å². The second-order valence-electron chi connectivity index (χ2n) is 5.30. The zero-order valence-electron chi connectivity index (χ0n) is 13.4. The first-order valence-corrected chi connectivity index (χ1v) is 7.14. The summed E-state index contributed by atoms with van der Waals surface area (Å²) in [7, 11) is 1.59. The third-order valence-corrected chi connectivity index (χ3v) is 3.31. The minimum atomic E-state index is -0.201. The number of carbonyl (C=O) groups excluding carboxylic acids is 1. The zero-order valence-corrected chi connectivity index (χ0v) is 13.4. The molecule has 116 valence electrons. The maximum Gasteiger partial charge on any atom is 0.262 e. The van der Waals surface area contributed by atoms with Gasteiger partial charge in [0.2, 0.25) is 0 Å². The molecular weight excluding hydrogens is 278 g/mol. The lowest BCUT2D eigenvalue weighted by Crippen LogP contribution is -2.20. The van der Waals surface area contributed by atoms with Gasteiger partial charge in [-0.1, -0.05) is 23.8 Å². The van der Waals surface area contributed by atoms with Crippen molar-refractivity contribution in [2.45, 2.75) is 20.8 Å². The molecule has 2 aromatic carbocycles. The zero-order chi connectivity index (χ0) is 16.1. The first-order valence-electron chi connectivity index (χ1n) is 7.14. The van der Waals surface area contributed by atoms with E-state index >= 15 is 0 Å². The normalized spacial score (nSPS) is 10.2. The summed E-state index contributed by atoms with van der Waals surface area (Å²) in [4.78, 5) is 12.0. The number of rotatable bonds is 5. The predicted molar refractivity (Wildman–Crippen MR) is 87.8 cm³/mol. The average Bonchev–Trinajstić information content (AvgIpc) is 2.46. The van der Waals surface area contributed by atoms with Gasteiger partial charge in [-0.2, -0.15) is 0 Å². The Kier molecular flexibility index (Phi) is 5.04. The van der Waals surface area contributed by atoms with Crippen LogP contribution < -0.4 is 14.8 Å². The molecule has 0 bridgehead atoms. The summed E-state index contributed by atoms with van der Waals surface area (Å²) in [5.74, 6) is 1.27. The number of methoxy groups -OCH3 is 1. The van der Waals surface area contributed by atoms with Gasteiger partial charge in [0.05, 0.1) is 7.11 Å². The van der Waals surface area contributed by atoms with Gasteiger partial charge in [0.25, 0.3) is 5.91 Å². The van der Waals surface area contributed by atoms with E-state index in [2.05, 4.69) is 5.32 Å². The molecule has 0 aliphatic carbocycles. The van der Waals surface area contributed by atoms with Gasteiger partial charge in [-0.25, -0.2) is 0 Å². The molecule has 1 N–H and O–H groups in total. The maximum atomic E-state index is 12.0. The lowest BCUT2D eigenvalue weighted by molar-refractivity contribution is -0.118. The third-order valence-electron chi connectivity index (χ3n) is 3.31. The van der Waals surface area contributed by atoms with E-state index in [9.17, 15) is 4.79 Å². The minimum Gasteiger partial charge on any atom is -0.497 e. The van der Waals surface area contributed by atoms with E-state index in [1.807, 2.05) is 51.1 Å². The second kappa shape index (κ2) is 6.98. The van der Waals surface area contributed by atoms with Crippen molar-refractivity contribution in [2.24, 2.45) is 0 Å². The largest absolute Gasteiger partial charge is 0.497 e. The SMILES string of the molecule is COc1cccc(NC(=O)COc2c(C)cc(C)cc2C)c1. The van der Waals surface area contributed by atoms with E-state index in [0.717, 1.165) is 16.9 Å². The van der Waals surface area contributed by atoms with Gasteiger partial charge in [0.15, 0.2) is 6.61 Å². The lowest BCUT2D eigenvalue weighted by atomic mass is 10.1. The fraction of sp³-hybridized carbons (Fsp3) is 0.278. The summed E-state index contributed by atoms with van der Waals surface area (Å²) in [6, 6.07) is 11.3. The Morgan fingerprint density at radius 1 is 1.09 bits per heavy atom. The number of aryl methyl sites for hydroxylation is 3. The molecule has 4 nitrogen and oxygen atoms in total. The molecule has 2 aromatic rings. The van der Waals surface area contributed by atoms with Crippen molar-refractivity contribution in [1.82, 2.24) is 0 Å². The molecule has 0 spiro atoms.